The first kappa shape index (κ1) is 21.1. The molecule has 1 N–H and O–H groups in total. The fraction of sp³-hybridized carbons (Fsp3) is 0.762. The van der Waals surface area contributed by atoms with E-state index in [1.165, 1.54) is 27.0 Å². The van der Waals surface area contributed by atoms with Crippen LogP contribution >= 0.6 is 0 Å². The van der Waals surface area contributed by atoms with Gasteiger partial charge in [-0.1, -0.05) is 0 Å². The Balaban J connectivity index is 1.70. The molecule has 0 bridgehead atoms. The van der Waals surface area contributed by atoms with Crippen LogP contribution in [0.1, 0.15) is 33.6 Å². The Kier molecular flexibility index (Phi) is 5.30. The molecular weight excluding hydrogens is 396 g/mol. The molecule has 2 saturated carbocycles. The van der Waals surface area contributed by atoms with E-state index in [9.17, 15) is 19.5 Å². The normalized spacial score (nSPS) is 40.7. The highest BCUT2D eigenvalue weighted by Gasteiger charge is 2.75. The monoisotopic (exact) mass is 424 g/mol. The van der Waals surface area contributed by atoms with Gasteiger partial charge in [-0.3, -0.25) is 14.4 Å². The van der Waals surface area contributed by atoms with Gasteiger partial charge in [0, 0.05) is 37.7 Å². The second-order valence-electron chi connectivity index (χ2n) is 8.83. The van der Waals surface area contributed by atoms with Crippen LogP contribution in [0.5, 0.6) is 0 Å². The average Bonchev–Trinajstić information content (AvgIpc) is 3.57. The number of ether oxygens (including phenoxy) is 5. The molecule has 1 spiro atoms. The fourth-order valence-corrected chi connectivity index (χ4v) is 5.72. The van der Waals surface area contributed by atoms with Crippen molar-refractivity contribution in [3.05, 3.63) is 11.8 Å². The third-order valence-electron chi connectivity index (χ3n) is 7.14. The number of hydrogen-bond donors (Lipinski definition) is 1. The predicted octanol–water partition coefficient (Wildman–Crippen LogP) is 0.936. The van der Waals surface area contributed by atoms with Gasteiger partial charge in [0.25, 0.3) is 0 Å². The van der Waals surface area contributed by atoms with Gasteiger partial charge in [0.2, 0.25) is 6.29 Å². The van der Waals surface area contributed by atoms with E-state index in [-0.39, 0.29) is 43.5 Å². The lowest BCUT2D eigenvalue weighted by Gasteiger charge is -2.41. The van der Waals surface area contributed by atoms with Crippen molar-refractivity contribution in [2.24, 2.45) is 29.1 Å². The van der Waals surface area contributed by atoms with Crippen molar-refractivity contribution in [2.45, 2.75) is 45.5 Å². The van der Waals surface area contributed by atoms with Crippen molar-refractivity contribution < 1.29 is 43.2 Å². The van der Waals surface area contributed by atoms with Gasteiger partial charge in [-0.05, 0) is 24.7 Å². The Morgan fingerprint density at radius 3 is 2.40 bits per heavy atom. The van der Waals surface area contributed by atoms with Gasteiger partial charge in [0.15, 0.2) is 0 Å². The largest absolute Gasteiger partial charge is 0.465 e. The molecule has 1 saturated heterocycles. The Morgan fingerprint density at radius 1 is 1.13 bits per heavy atom. The van der Waals surface area contributed by atoms with Gasteiger partial charge < -0.3 is 28.8 Å². The fourth-order valence-electron chi connectivity index (χ4n) is 5.72. The van der Waals surface area contributed by atoms with Crippen molar-refractivity contribution in [1.29, 1.82) is 0 Å². The SMILES string of the molecule is CC(=O)OCC1=COC(OC(C)=O)C2C1C1C(CCC23CO3)C1(CO)COC(C)=O. The lowest BCUT2D eigenvalue weighted by molar-refractivity contribution is -0.193. The van der Waals surface area contributed by atoms with Gasteiger partial charge >= 0.3 is 17.9 Å². The van der Waals surface area contributed by atoms with Crippen molar-refractivity contribution >= 4 is 17.9 Å². The minimum atomic E-state index is -0.833. The summed E-state index contributed by atoms with van der Waals surface area (Å²) in [6.45, 7) is 4.56. The molecule has 0 radical (unpaired) electrons. The number of rotatable bonds is 6. The summed E-state index contributed by atoms with van der Waals surface area (Å²) < 4.78 is 27.7. The van der Waals surface area contributed by atoms with E-state index in [1.54, 1.807) is 0 Å². The third kappa shape index (κ3) is 3.47. The van der Waals surface area contributed by atoms with Crippen LogP contribution in [-0.4, -0.2) is 61.3 Å². The van der Waals surface area contributed by atoms with Gasteiger partial charge in [-0.15, -0.1) is 0 Å². The zero-order valence-electron chi connectivity index (χ0n) is 17.4. The molecule has 166 valence electrons. The van der Waals surface area contributed by atoms with E-state index >= 15 is 0 Å². The second-order valence-corrected chi connectivity index (χ2v) is 8.83. The van der Waals surface area contributed by atoms with E-state index in [2.05, 4.69) is 0 Å². The summed E-state index contributed by atoms with van der Waals surface area (Å²) in [7, 11) is 0. The van der Waals surface area contributed by atoms with Crippen molar-refractivity contribution in [1.82, 2.24) is 0 Å². The zero-order valence-corrected chi connectivity index (χ0v) is 17.4. The molecule has 4 aliphatic rings. The molecule has 0 aromatic heterocycles. The number of hydrogen-bond acceptors (Lipinski definition) is 9. The summed E-state index contributed by atoms with van der Waals surface area (Å²) in [5.41, 5.74) is -0.307. The first-order valence-electron chi connectivity index (χ1n) is 10.3. The molecule has 0 aromatic rings. The minimum Gasteiger partial charge on any atom is -0.465 e. The van der Waals surface area contributed by atoms with Gasteiger partial charge in [-0.25, -0.2) is 0 Å². The maximum atomic E-state index is 11.7. The van der Waals surface area contributed by atoms with Crippen LogP contribution in [0.3, 0.4) is 0 Å². The Morgan fingerprint density at radius 2 is 1.83 bits per heavy atom. The van der Waals surface area contributed by atoms with E-state index in [4.69, 9.17) is 23.7 Å². The number of carbonyl (C=O) groups is 3. The molecule has 9 nitrogen and oxygen atoms in total. The lowest BCUT2D eigenvalue weighted by Crippen LogP contribution is -2.48. The molecule has 30 heavy (non-hydrogen) atoms. The van der Waals surface area contributed by atoms with Crippen molar-refractivity contribution in [3.63, 3.8) is 0 Å². The number of carbonyl (C=O) groups excluding carboxylic acids is 3. The van der Waals surface area contributed by atoms with Crippen LogP contribution in [0, 0.1) is 29.1 Å². The molecule has 2 aliphatic heterocycles. The maximum Gasteiger partial charge on any atom is 0.305 e. The topological polar surface area (TPSA) is 121 Å². The molecule has 0 aromatic carbocycles. The van der Waals surface area contributed by atoms with Crippen LogP contribution in [0.4, 0.5) is 0 Å². The number of epoxide rings is 1. The summed E-state index contributed by atoms with van der Waals surface area (Å²) in [5, 5.41) is 10.3. The Labute approximate surface area is 174 Å². The van der Waals surface area contributed by atoms with Crippen LogP contribution < -0.4 is 0 Å². The standard InChI is InChI=1S/C21H28O9/c1-11(23)26-6-14-7-27-19(30-13(3)25)18-16(14)17-15(4-5-21(18)10-29-21)20(17,8-22)9-28-12(2)24/h7,15-19,22H,4-6,8-10H2,1-3H3. The number of aliphatic hydroxyl groups excluding tert-OH is 1. The van der Waals surface area contributed by atoms with Gasteiger partial charge in [0.05, 0.1) is 32.0 Å². The molecule has 0 amide bonds. The summed E-state index contributed by atoms with van der Waals surface area (Å²) >= 11 is 0. The van der Waals surface area contributed by atoms with Crippen LogP contribution in [-0.2, 0) is 38.1 Å². The minimum absolute atomic E-state index is 0.0394. The smallest absolute Gasteiger partial charge is 0.305 e. The van der Waals surface area contributed by atoms with E-state index in [1.807, 2.05) is 0 Å². The van der Waals surface area contributed by atoms with Gasteiger partial charge in [-0.2, -0.15) is 0 Å². The van der Waals surface area contributed by atoms with E-state index in [0.29, 0.717) is 6.61 Å². The molecule has 7 unspecified atom stereocenters. The predicted molar refractivity (Wildman–Crippen MR) is 99.4 cm³/mol. The molecule has 7 atom stereocenters. The maximum absolute atomic E-state index is 11.7. The molecular formula is C21H28O9. The number of esters is 3. The highest BCUT2D eigenvalue weighted by Crippen LogP contribution is 2.72. The molecule has 9 heteroatoms. The molecule has 3 fully saturated rings. The lowest BCUT2D eigenvalue weighted by atomic mass is 9.71. The second kappa shape index (κ2) is 7.53. The molecule has 4 rings (SSSR count). The molecule has 2 heterocycles. The average molecular weight is 424 g/mol. The van der Waals surface area contributed by atoms with Crippen LogP contribution in [0.25, 0.3) is 0 Å². The van der Waals surface area contributed by atoms with E-state index in [0.717, 1.165) is 18.4 Å². The van der Waals surface area contributed by atoms with Crippen molar-refractivity contribution in [3.8, 4) is 0 Å². The zero-order chi connectivity index (χ0) is 21.7. The van der Waals surface area contributed by atoms with Crippen LogP contribution in [0.15, 0.2) is 11.8 Å². The first-order valence-corrected chi connectivity index (χ1v) is 10.3. The molecule has 2 aliphatic carbocycles. The number of fused-ring (bicyclic) bond motifs is 4. The third-order valence-corrected chi connectivity index (χ3v) is 7.14. The quantitative estimate of drug-likeness (QED) is 0.377. The van der Waals surface area contributed by atoms with Gasteiger partial charge in [0.1, 0.15) is 12.2 Å². The number of aliphatic hydroxyl groups is 1. The first-order chi connectivity index (χ1) is 14.2. The van der Waals surface area contributed by atoms with Crippen LogP contribution in [0.2, 0.25) is 0 Å². The Hall–Kier alpha value is -2.13. The summed E-state index contributed by atoms with van der Waals surface area (Å²) in [4.78, 5) is 34.6. The van der Waals surface area contributed by atoms with E-state index < -0.39 is 35.2 Å². The summed E-state index contributed by atoms with van der Waals surface area (Å²) in [6.07, 6.45) is 2.18. The summed E-state index contributed by atoms with van der Waals surface area (Å²) in [5.74, 6) is -1.73. The highest BCUT2D eigenvalue weighted by atomic mass is 16.7. The Bertz CT molecular complexity index is 770. The highest BCUT2D eigenvalue weighted by molar-refractivity contribution is 5.67. The summed E-state index contributed by atoms with van der Waals surface area (Å²) in [6, 6.07) is 0. The van der Waals surface area contributed by atoms with Crippen molar-refractivity contribution in [2.75, 3.05) is 26.4 Å².